The van der Waals surface area contributed by atoms with Crippen LogP contribution in [0.5, 0.6) is 11.5 Å². The highest BCUT2D eigenvalue weighted by atomic mass is 16.5. The summed E-state index contributed by atoms with van der Waals surface area (Å²) in [5, 5.41) is 0. The van der Waals surface area contributed by atoms with Crippen molar-refractivity contribution in [3.05, 3.63) is 23.8 Å². The molecule has 3 nitrogen and oxygen atoms in total. The molecule has 0 saturated carbocycles. The molecule has 0 aliphatic carbocycles. The first-order valence-corrected chi connectivity index (χ1v) is 7.31. The summed E-state index contributed by atoms with van der Waals surface area (Å²) in [5.41, 5.74) is 6.77. The lowest BCUT2D eigenvalue weighted by molar-refractivity contribution is 0.301. The number of rotatable bonds is 10. The highest BCUT2D eigenvalue weighted by molar-refractivity contribution is 5.40. The maximum atomic E-state index is 5.86. The summed E-state index contributed by atoms with van der Waals surface area (Å²) in [5.74, 6) is 1.81. The third kappa shape index (κ3) is 5.97. The Morgan fingerprint density at radius 3 is 2.58 bits per heavy atom. The Morgan fingerprint density at radius 2 is 1.89 bits per heavy atom. The zero-order valence-corrected chi connectivity index (χ0v) is 12.3. The summed E-state index contributed by atoms with van der Waals surface area (Å²) >= 11 is 0. The van der Waals surface area contributed by atoms with Gasteiger partial charge in [0.25, 0.3) is 0 Å². The molecule has 2 N–H and O–H groups in total. The molecule has 0 heterocycles. The van der Waals surface area contributed by atoms with Crippen LogP contribution in [0.1, 0.15) is 44.6 Å². The van der Waals surface area contributed by atoms with Gasteiger partial charge in [0.1, 0.15) is 11.5 Å². The zero-order chi connectivity index (χ0) is 13.9. The number of unbranched alkanes of at least 4 members (excludes halogenated alkanes) is 4. The number of methoxy groups -OCH3 is 1. The second kappa shape index (κ2) is 9.68. The summed E-state index contributed by atoms with van der Waals surface area (Å²) in [7, 11) is 1.68. The molecule has 0 bridgehead atoms. The quantitative estimate of drug-likeness (QED) is 0.658. The molecular weight excluding hydrogens is 238 g/mol. The fourth-order valence-electron chi connectivity index (χ4n) is 2.06. The first-order chi connectivity index (χ1) is 9.31. The second-order valence-corrected chi connectivity index (χ2v) is 4.78. The van der Waals surface area contributed by atoms with Crippen LogP contribution in [-0.4, -0.2) is 20.3 Å². The molecule has 3 heteroatoms. The molecule has 0 spiro atoms. The Balaban J connectivity index is 2.43. The molecular formula is C16H27NO2. The molecule has 1 aromatic rings. The van der Waals surface area contributed by atoms with E-state index < -0.39 is 0 Å². The number of hydrogen-bond donors (Lipinski definition) is 1. The van der Waals surface area contributed by atoms with E-state index in [2.05, 4.69) is 6.92 Å². The van der Waals surface area contributed by atoms with E-state index >= 15 is 0 Å². The molecule has 0 aliphatic rings. The summed E-state index contributed by atoms with van der Waals surface area (Å²) in [6.07, 6.45) is 7.09. The molecule has 0 fully saturated rings. The average molecular weight is 265 g/mol. The SMILES string of the molecule is CCCCCCCOc1ccc(OC)cc1CCN. The van der Waals surface area contributed by atoms with Crippen LogP contribution >= 0.6 is 0 Å². The summed E-state index contributed by atoms with van der Waals surface area (Å²) in [4.78, 5) is 0. The van der Waals surface area contributed by atoms with Crippen molar-refractivity contribution in [2.45, 2.75) is 45.4 Å². The molecule has 0 unspecified atom stereocenters. The first kappa shape index (κ1) is 15.8. The second-order valence-electron chi connectivity index (χ2n) is 4.78. The van der Waals surface area contributed by atoms with Crippen molar-refractivity contribution in [1.82, 2.24) is 0 Å². The van der Waals surface area contributed by atoms with Gasteiger partial charge in [-0.1, -0.05) is 32.6 Å². The number of ether oxygens (including phenoxy) is 2. The van der Waals surface area contributed by atoms with Gasteiger partial charge in [0.05, 0.1) is 13.7 Å². The molecule has 0 radical (unpaired) electrons. The minimum absolute atomic E-state index is 0.625. The van der Waals surface area contributed by atoms with Gasteiger partial charge in [-0.2, -0.15) is 0 Å². The summed E-state index contributed by atoms with van der Waals surface area (Å²) in [6, 6.07) is 5.93. The van der Waals surface area contributed by atoms with E-state index in [1.54, 1.807) is 7.11 Å². The van der Waals surface area contributed by atoms with Crippen molar-refractivity contribution in [3.63, 3.8) is 0 Å². The van der Waals surface area contributed by atoms with Crippen LogP contribution in [0.15, 0.2) is 18.2 Å². The molecule has 0 saturated heterocycles. The first-order valence-electron chi connectivity index (χ1n) is 7.31. The van der Waals surface area contributed by atoms with Gasteiger partial charge >= 0.3 is 0 Å². The van der Waals surface area contributed by atoms with Crippen LogP contribution in [-0.2, 0) is 6.42 Å². The van der Waals surface area contributed by atoms with Gasteiger partial charge in [0.15, 0.2) is 0 Å². The van der Waals surface area contributed by atoms with Crippen molar-refractivity contribution in [2.75, 3.05) is 20.3 Å². The van der Waals surface area contributed by atoms with Gasteiger partial charge < -0.3 is 15.2 Å². The van der Waals surface area contributed by atoms with Gasteiger partial charge in [-0.3, -0.25) is 0 Å². The molecule has 0 amide bonds. The van der Waals surface area contributed by atoms with Crippen molar-refractivity contribution in [1.29, 1.82) is 0 Å². The molecule has 0 aromatic heterocycles. The topological polar surface area (TPSA) is 44.5 Å². The minimum atomic E-state index is 0.625. The van der Waals surface area contributed by atoms with E-state index in [1.165, 1.54) is 25.7 Å². The predicted octanol–water partition coefficient (Wildman–Crippen LogP) is 3.55. The van der Waals surface area contributed by atoms with Gasteiger partial charge in [0, 0.05) is 0 Å². The van der Waals surface area contributed by atoms with Crippen LogP contribution in [0.25, 0.3) is 0 Å². The van der Waals surface area contributed by atoms with E-state index in [1.807, 2.05) is 18.2 Å². The van der Waals surface area contributed by atoms with Gasteiger partial charge in [-0.25, -0.2) is 0 Å². The van der Waals surface area contributed by atoms with E-state index in [0.29, 0.717) is 6.54 Å². The average Bonchev–Trinajstić information content (AvgIpc) is 2.44. The van der Waals surface area contributed by atoms with Crippen LogP contribution in [0.2, 0.25) is 0 Å². The van der Waals surface area contributed by atoms with E-state index in [0.717, 1.165) is 36.5 Å². The Morgan fingerprint density at radius 1 is 1.11 bits per heavy atom. The van der Waals surface area contributed by atoms with Crippen molar-refractivity contribution >= 4 is 0 Å². The van der Waals surface area contributed by atoms with Crippen LogP contribution < -0.4 is 15.2 Å². The highest BCUT2D eigenvalue weighted by Crippen LogP contribution is 2.24. The maximum absolute atomic E-state index is 5.86. The van der Waals surface area contributed by atoms with Crippen LogP contribution in [0.4, 0.5) is 0 Å². The largest absolute Gasteiger partial charge is 0.497 e. The summed E-state index contributed by atoms with van der Waals surface area (Å²) in [6.45, 7) is 3.64. The van der Waals surface area contributed by atoms with Crippen molar-refractivity contribution in [2.24, 2.45) is 5.73 Å². The van der Waals surface area contributed by atoms with Crippen molar-refractivity contribution in [3.8, 4) is 11.5 Å². The van der Waals surface area contributed by atoms with Gasteiger partial charge in [-0.05, 0) is 43.1 Å². The lowest BCUT2D eigenvalue weighted by Gasteiger charge is -2.12. The lowest BCUT2D eigenvalue weighted by atomic mass is 10.1. The molecule has 0 aliphatic heterocycles. The fourth-order valence-corrected chi connectivity index (χ4v) is 2.06. The number of nitrogens with two attached hydrogens (primary N) is 1. The number of hydrogen-bond acceptors (Lipinski definition) is 3. The van der Waals surface area contributed by atoms with Crippen molar-refractivity contribution < 1.29 is 9.47 Å². The molecule has 19 heavy (non-hydrogen) atoms. The lowest BCUT2D eigenvalue weighted by Crippen LogP contribution is -2.06. The molecule has 0 atom stereocenters. The maximum Gasteiger partial charge on any atom is 0.122 e. The smallest absolute Gasteiger partial charge is 0.122 e. The van der Waals surface area contributed by atoms with Gasteiger partial charge in [0.2, 0.25) is 0 Å². The molecule has 108 valence electrons. The Kier molecular flexibility index (Phi) is 8.07. The Bertz CT molecular complexity index is 353. The normalized spacial score (nSPS) is 10.5. The van der Waals surface area contributed by atoms with Crippen LogP contribution in [0, 0.1) is 0 Å². The third-order valence-electron chi connectivity index (χ3n) is 3.19. The van der Waals surface area contributed by atoms with Gasteiger partial charge in [-0.15, -0.1) is 0 Å². The van der Waals surface area contributed by atoms with E-state index in [9.17, 15) is 0 Å². The molecule has 1 aromatic carbocycles. The van der Waals surface area contributed by atoms with E-state index in [4.69, 9.17) is 15.2 Å². The predicted molar refractivity (Wildman–Crippen MR) is 80.0 cm³/mol. The monoisotopic (exact) mass is 265 g/mol. The highest BCUT2D eigenvalue weighted by Gasteiger charge is 2.05. The Hall–Kier alpha value is -1.22. The summed E-state index contributed by atoms with van der Waals surface area (Å²) < 4.78 is 11.1. The van der Waals surface area contributed by atoms with E-state index in [-0.39, 0.29) is 0 Å². The third-order valence-corrected chi connectivity index (χ3v) is 3.19. The number of benzene rings is 1. The minimum Gasteiger partial charge on any atom is -0.497 e. The fraction of sp³-hybridized carbons (Fsp3) is 0.625. The Labute approximate surface area is 117 Å². The molecule has 1 rings (SSSR count). The standard InChI is InChI=1S/C16H27NO2/c1-3-4-5-6-7-12-19-16-9-8-15(18-2)13-14(16)10-11-17/h8-9,13H,3-7,10-12,17H2,1-2H3. The van der Waals surface area contributed by atoms with Crippen LogP contribution in [0.3, 0.4) is 0 Å². The zero-order valence-electron chi connectivity index (χ0n) is 12.3.